The molecule has 0 spiro atoms. The summed E-state index contributed by atoms with van der Waals surface area (Å²) in [7, 11) is 0. The van der Waals surface area contributed by atoms with Crippen molar-refractivity contribution in [3.05, 3.63) is 65.6 Å². The van der Waals surface area contributed by atoms with Crippen molar-refractivity contribution in [3.63, 3.8) is 0 Å². The Labute approximate surface area is 135 Å². The second-order valence-corrected chi connectivity index (χ2v) is 5.17. The summed E-state index contributed by atoms with van der Waals surface area (Å²) in [5.41, 5.74) is 6.86. The fraction of sp³-hybridized carbons (Fsp3) is 0.0588. The van der Waals surface area contributed by atoms with E-state index in [2.05, 4.69) is 10.3 Å². The molecule has 0 aliphatic heterocycles. The van der Waals surface area contributed by atoms with Gasteiger partial charge in [0.1, 0.15) is 0 Å². The number of carbonyl (C=O) groups is 1. The molecule has 1 amide bonds. The third kappa shape index (κ3) is 3.01. The van der Waals surface area contributed by atoms with Crippen LogP contribution >= 0.6 is 0 Å². The first-order valence-electron chi connectivity index (χ1n) is 7.03. The van der Waals surface area contributed by atoms with Crippen LogP contribution in [0, 0.1) is 17.5 Å². The van der Waals surface area contributed by atoms with Gasteiger partial charge in [-0.3, -0.25) is 9.78 Å². The lowest BCUT2D eigenvalue weighted by Gasteiger charge is -2.08. The SMILES string of the molecule is Nc1cccc2ccc(CC(=O)Nc3ccc(F)c(F)c3F)nc12. The Hall–Kier alpha value is -3.09. The number of hydrogen-bond donors (Lipinski definition) is 2. The minimum Gasteiger partial charge on any atom is -0.397 e. The summed E-state index contributed by atoms with van der Waals surface area (Å²) < 4.78 is 39.6. The molecule has 4 nitrogen and oxygen atoms in total. The number of benzene rings is 2. The number of nitrogens with two attached hydrogens (primary N) is 1. The van der Waals surface area contributed by atoms with Gasteiger partial charge in [0, 0.05) is 5.39 Å². The molecule has 122 valence electrons. The lowest BCUT2D eigenvalue weighted by molar-refractivity contribution is -0.115. The Kier molecular flexibility index (Phi) is 4.07. The number of halogens is 3. The highest BCUT2D eigenvalue weighted by Crippen LogP contribution is 2.21. The van der Waals surface area contributed by atoms with Crippen LogP contribution in [-0.2, 0) is 11.2 Å². The fourth-order valence-corrected chi connectivity index (χ4v) is 2.29. The van der Waals surface area contributed by atoms with Crippen LogP contribution in [0.5, 0.6) is 0 Å². The lowest BCUT2D eigenvalue weighted by atomic mass is 10.1. The van der Waals surface area contributed by atoms with Gasteiger partial charge in [-0.1, -0.05) is 18.2 Å². The smallest absolute Gasteiger partial charge is 0.230 e. The van der Waals surface area contributed by atoms with E-state index in [0.29, 0.717) is 16.9 Å². The van der Waals surface area contributed by atoms with Gasteiger partial charge in [-0.25, -0.2) is 13.2 Å². The standard InChI is InChI=1S/C17H12F3N3O/c18-11-6-7-13(16(20)15(11)19)23-14(24)8-10-5-4-9-2-1-3-12(21)17(9)22-10/h1-7H,8,21H2,(H,23,24). The molecule has 2 aromatic carbocycles. The van der Waals surface area contributed by atoms with Crippen molar-refractivity contribution in [3.8, 4) is 0 Å². The van der Waals surface area contributed by atoms with E-state index in [-0.39, 0.29) is 6.42 Å². The van der Waals surface area contributed by atoms with E-state index < -0.39 is 29.0 Å². The number of fused-ring (bicyclic) bond motifs is 1. The number of amides is 1. The second-order valence-electron chi connectivity index (χ2n) is 5.17. The van der Waals surface area contributed by atoms with Crippen LogP contribution in [0.3, 0.4) is 0 Å². The van der Waals surface area contributed by atoms with Gasteiger partial charge in [0.25, 0.3) is 0 Å². The van der Waals surface area contributed by atoms with E-state index in [9.17, 15) is 18.0 Å². The van der Waals surface area contributed by atoms with Crippen molar-refractivity contribution in [1.82, 2.24) is 4.98 Å². The molecule has 0 atom stereocenters. The highest BCUT2D eigenvalue weighted by molar-refractivity contribution is 5.93. The maximum Gasteiger partial charge on any atom is 0.230 e. The van der Waals surface area contributed by atoms with Crippen LogP contribution in [-0.4, -0.2) is 10.9 Å². The van der Waals surface area contributed by atoms with Crippen LogP contribution in [0.1, 0.15) is 5.69 Å². The topological polar surface area (TPSA) is 68.0 Å². The molecule has 0 bridgehead atoms. The summed E-state index contributed by atoms with van der Waals surface area (Å²) in [6.07, 6.45) is -0.164. The predicted molar refractivity (Wildman–Crippen MR) is 84.8 cm³/mol. The zero-order chi connectivity index (χ0) is 17.3. The first kappa shape index (κ1) is 15.8. The second kappa shape index (κ2) is 6.19. The van der Waals surface area contributed by atoms with Crippen molar-refractivity contribution in [2.75, 3.05) is 11.1 Å². The molecule has 1 aromatic heterocycles. The van der Waals surface area contributed by atoms with Crippen molar-refractivity contribution < 1.29 is 18.0 Å². The molecule has 3 aromatic rings. The summed E-state index contributed by atoms with van der Waals surface area (Å²) in [6.45, 7) is 0. The zero-order valence-electron chi connectivity index (χ0n) is 12.3. The van der Waals surface area contributed by atoms with Gasteiger partial charge in [-0.05, 0) is 24.3 Å². The molecule has 3 N–H and O–H groups in total. The number of pyridine rings is 1. The Bertz CT molecular complexity index is 944. The number of para-hydroxylation sites is 1. The number of nitrogens with one attached hydrogen (secondary N) is 1. The first-order chi connectivity index (χ1) is 11.5. The van der Waals surface area contributed by atoms with Crippen LogP contribution in [0.25, 0.3) is 10.9 Å². The number of nitrogen functional groups attached to an aromatic ring is 1. The van der Waals surface area contributed by atoms with Crippen molar-refractivity contribution >= 4 is 28.2 Å². The van der Waals surface area contributed by atoms with E-state index in [1.807, 2.05) is 6.07 Å². The molecule has 24 heavy (non-hydrogen) atoms. The molecule has 0 aliphatic rings. The molecular formula is C17H12F3N3O. The molecule has 0 saturated heterocycles. The Morgan fingerprint density at radius 3 is 2.62 bits per heavy atom. The summed E-state index contributed by atoms with van der Waals surface area (Å²) in [5, 5.41) is 3.02. The molecule has 0 radical (unpaired) electrons. The molecule has 0 fully saturated rings. The number of anilines is 2. The van der Waals surface area contributed by atoms with E-state index in [1.165, 1.54) is 0 Å². The molecule has 3 rings (SSSR count). The van der Waals surface area contributed by atoms with E-state index in [1.54, 1.807) is 24.3 Å². The predicted octanol–water partition coefficient (Wildman–Crippen LogP) is 3.42. The number of hydrogen-bond acceptors (Lipinski definition) is 3. The van der Waals surface area contributed by atoms with Crippen LogP contribution in [0.15, 0.2) is 42.5 Å². The van der Waals surface area contributed by atoms with Gasteiger partial charge in [-0.15, -0.1) is 0 Å². The molecular weight excluding hydrogens is 319 g/mol. The van der Waals surface area contributed by atoms with Crippen molar-refractivity contribution in [2.24, 2.45) is 0 Å². The van der Waals surface area contributed by atoms with Gasteiger partial charge in [0.05, 0.1) is 29.0 Å². The largest absolute Gasteiger partial charge is 0.397 e. The van der Waals surface area contributed by atoms with E-state index in [0.717, 1.165) is 17.5 Å². The number of aromatic nitrogens is 1. The van der Waals surface area contributed by atoms with Crippen LogP contribution in [0.2, 0.25) is 0 Å². The van der Waals surface area contributed by atoms with Gasteiger partial charge in [-0.2, -0.15) is 0 Å². The first-order valence-corrected chi connectivity index (χ1v) is 7.03. The number of nitrogens with zero attached hydrogens (tertiary/aromatic N) is 1. The Balaban J connectivity index is 1.80. The zero-order valence-corrected chi connectivity index (χ0v) is 12.3. The molecule has 0 saturated carbocycles. The highest BCUT2D eigenvalue weighted by atomic mass is 19.2. The van der Waals surface area contributed by atoms with E-state index >= 15 is 0 Å². The number of carbonyl (C=O) groups excluding carboxylic acids is 1. The maximum absolute atomic E-state index is 13.6. The summed E-state index contributed by atoms with van der Waals surface area (Å²) in [5.74, 6) is -5.01. The van der Waals surface area contributed by atoms with Gasteiger partial charge < -0.3 is 11.1 Å². The van der Waals surface area contributed by atoms with E-state index in [4.69, 9.17) is 5.73 Å². The lowest BCUT2D eigenvalue weighted by Crippen LogP contribution is -2.16. The third-order valence-electron chi connectivity index (χ3n) is 3.46. The average molecular weight is 331 g/mol. The Morgan fingerprint density at radius 1 is 1.04 bits per heavy atom. The molecule has 1 heterocycles. The highest BCUT2D eigenvalue weighted by Gasteiger charge is 2.15. The van der Waals surface area contributed by atoms with Crippen LogP contribution < -0.4 is 11.1 Å². The summed E-state index contributed by atoms with van der Waals surface area (Å²) in [4.78, 5) is 16.3. The maximum atomic E-state index is 13.6. The number of rotatable bonds is 3. The minimum atomic E-state index is -1.63. The normalized spacial score (nSPS) is 10.8. The van der Waals surface area contributed by atoms with Crippen molar-refractivity contribution in [1.29, 1.82) is 0 Å². The van der Waals surface area contributed by atoms with Gasteiger partial charge >= 0.3 is 0 Å². The quantitative estimate of drug-likeness (QED) is 0.571. The minimum absolute atomic E-state index is 0.164. The average Bonchev–Trinajstić information content (AvgIpc) is 2.56. The van der Waals surface area contributed by atoms with Crippen LogP contribution in [0.4, 0.5) is 24.5 Å². The fourth-order valence-electron chi connectivity index (χ4n) is 2.29. The molecule has 0 unspecified atom stereocenters. The summed E-state index contributed by atoms with van der Waals surface area (Å²) in [6, 6.07) is 10.4. The van der Waals surface area contributed by atoms with Gasteiger partial charge in [0.15, 0.2) is 17.5 Å². The molecule has 0 aliphatic carbocycles. The van der Waals surface area contributed by atoms with Crippen molar-refractivity contribution in [2.45, 2.75) is 6.42 Å². The van der Waals surface area contributed by atoms with Gasteiger partial charge in [0.2, 0.25) is 5.91 Å². The third-order valence-corrected chi connectivity index (χ3v) is 3.46. The molecule has 7 heteroatoms. The monoisotopic (exact) mass is 331 g/mol. The Morgan fingerprint density at radius 2 is 1.83 bits per heavy atom. The summed E-state index contributed by atoms with van der Waals surface area (Å²) >= 11 is 0.